The monoisotopic (exact) mass is 289 g/mol. The van der Waals surface area contributed by atoms with Crippen molar-refractivity contribution in [3.63, 3.8) is 0 Å². The molecule has 1 amide bonds. The van der Waals surface area contributed by atoms with Gasteiger partial charge in [0.05, 0.1) is 0 Å². The number of ketones is 1. The van der Waals surface area contributed by atoms with Crippen LogP contribution in [-0.4, -0.2) is 35.3 Å². The van der Waals surface area contributed by atoms with Crippen LogP contribution in [0.15, 0.2) is 24.3 Å². The molecule has 0 N–H and O–H groups in total. The second-order valence-electron chi connectivity index (χ2n) is 5.80. The van der Waals surface area contributed by atoms with Crippen LogP contribution in [0.25, 0.3) is 0 Å². The van der Waals surface area contributed by atoms with Gasteiger partial charge < -0.3 is 9.64 Å². The molecule has 1 saturated heterocycles. The average Bonchev–Trinajstić information content (AvgIpc) is 2.45. The Morgan fingerprint density at radius 3 is 2.24 bits per heavy atom. The van der Waals surface area contributed by atoms with Gasteiger partial charge in [-0.2, -0.15) is 0 Å². The van der Waals surface area contributed by atoms with Crippen molar-refractivity contribution in [2.24, 2.45) is 0 Å². The Morgan fingerprint density at radius 1 is 1.14 bits per heavy atom. The molecule has 1 aromatic carbocycles. The van der Waals surface area contributed by atoms with Crippen LogP contribution in [0, 0.1) is 0 Å². The number of carbonyl (C=O) groups excluding carboxylic acids is 2. The molecule has 0 saturated carbocycles. The van der Waals surface area contributed by atoms with Crippen molar-refractivity contribution in [1.29, 1.82) is 0 Å². The largest absolute Gasteiger partial charge is 0.484 e. The van der Waals surface area contributed by atoms with E-state index in [0.29, 0.717) is 11.3 Å². The van der Waals surface area contributed by atoms with Gasteiger partial charge in [0.15, 0.2) is 12.4 Å². The molecule has 4 heteroatoms. The fourth-order valence-corrected chi connectivity index (χ4v) is 2.92. The molecule has 1 heterocycles. The van der Waals surface area contributed by atoms with Crippen molar-refractivity contribution in [1.82, 2.24) is 4.90 Å². The van der Waals surface area contributed by atoms with Gasteiger partial charge in [0.1, 0.15) is 5.75 Å². The maximum atomic E-state index is 12.3. The predicted octanol–water partition coefficient (Wildman–Crippen LogP) is 3.06. The molecule has 0 bridgehead atoms. The zero-order chi connectivity index (χ0) is 15.4. The average molecular weight is 289 g/mol. The normalized spacial score (nSPS) is 22.0. The van der Waals surface area contributed by atoms with Gasteiger partial charge in [-0.3, -0.25) is 9.59 Å². The minimum Gasteiger partial charge on any atom is -0.484 e. The van der Waals surface area contributed by atoms with Crippen molar-refractivity contribution in [2.45, 2.75) is 52.1 Å². The molecule has 1 fully saturated rings. The van der Waals surface area contributed by atoms with Crippen LogP contribution >= 0.6 is 0 Å². The molecule has 2 atom stereocenters. The second kappa shape index (κ2) is 6.74. The van der Waals surface area contributed by atoms with Crippen molar-refractivity contribution in [2.75, 3.05) is 6.61 Å². The van der Waals surface area contributed by atoms with Crippen LogP contribution in [0.2, 0.25) is 0 Å². The standard InChI is InChI=1S/C17H23NO3/c1-12-5-4-6-13(2)18(12)17(20)11-21-16-9-7-15(8-10-16)14(3)19/h7-10,12-13H,4-6,11H2,1-3H3/t12-,13-/m0/s1. The number of rotatable bonds is 4. The highest BCUT2D eigenvalue weighted by molar-refractivity contribution is 5.94. The van der Waals surface area contributed by atoms with Crippen molar-refractivity contribution in [3.05, 3.63) is 29.8 Å². The van der Waals surface area contributed by atoms with E-state index >= 15 is 0 Å². The molecular weight excluding hydrogens is 266 g/mol. The lowest BCUT2D eigenvalue weighted by Gasteiger charge is -2.38. The van der Waals surface area contributed by atoms with E-state index in [1.807, 2.05) is 4.90 Å². The van der Waals surface area contributed by atoms with E-state index in [4.69, 9.17) is 4.74 Å². The van der Waals surface area contributed by atoms with Gasteiger partial charge in [0, 0.05) is 17.6 Å². The Balaban J connectivity index is 1.92. The van der Waals surface area contributed by atoms with E-state index in [2.05, 4.69) is 13.8 Å². The molecule has 0 aliphatic carbocycles. The van der Waals surface area contributed by atoms with Gasteiger partial charge in [0.25, 0.3) is 5.91 Å². The maximum absolute atomic E-state index is 12.3. The molecule has 1 aromatic rings. The third kappa shape index (κ3) is 3.84. The van der Waals surface area contributed by atoms with Gasteiger partial charge in [-0.1, -0.05) is 0 Å². The molecule has 2 rings (SSSR count). The minimum atomic E-state index is 0.0218. The number of likely N-dealkylation sites (tertiary alicyclic amines) is 1. The van der Waals surface area contributed by atoms with Gasteiger partial charge >= 0.3 is 0 Å². The fourth-order valence-electron chi connectivity index (χ4n) is 2.92. The topological polar surface area (TPSA) is 46.6 Å². The van der Waals surface area contributed by atoms with E-state index in [9.17, 15) is 9.59 Å². The summed E-state index contributed by atoms with van der Waals surface area (Å²) in [5.74, 6) is 0.671. The van der Waals surface area contributed by atoms with Gasteiger partial charge in [-0.05, 0) is 64.3 Å². The summed E-state index contributed by atoms with van der Waals surface area (Å²) in [7, 11) is 0. The number of benzene rings is 1. The summed E-state index contributed by atoms with van der Waals surface area (Å²) in [5, 5.41) is 0. The third-order valence-corrected chi connectivity index (χ3v) is 4.10. The number of Topliss-reactive ketones (excluding diaryl/α,β-unsaturated/α-hetero) is 1. The van der Waals surface area contributed by atoms with E-state index in [1.54, 1.807) is 24.3 Å². The number of hydrogen-bond acceptors (Lipinski definition) is 3. The van der Waals surface area contributed by atoms with E-state index in [0.717, 1.165) is 12.8 Å². The Bertz CT molecular complexity index is 499. The lowest BCUT2D eigenvalue weighted by molar-refractivity contribution is -0.139. The highest BCUT2D eigenvalue weighted by Crippen LogP contribution is 2.22. The predicted molar refractivity (Wildman–Crippen MR) is 81.6 cm³/mol. The van der Waals surface area contributed by atoms with Crippen LogP contribution in [0.1, 0.15) is 50.4 Å². The molecule has 0 radical (unpaired) electrons. The molecular formula is C17H23NO3. The molecule has 0 unspecified atom stereocenters. The Morgan fingerprint density at radius 2 is 1.71 bits per heavy atom. The summed E-state index contributed by atoms with van der Waals surface area (Å²) in [4.78, 5) is 25.5. The Kier molecular flexibility index (Phi) is 4.99. The first-order valence-electron chi connectivity index (χ1n) is 7.54. The number of piperidine rings is 1. The second-order valence-corrected chi connectivity index (χ2v) is 5.80. The van der Waals surface area contributed by atoms with Crippen molar-refractivity contribution in [3.8, 4) is 5.75 Å². The number of carbonyl (C=O) groups is 2. The van der Waals surface area contributed by atoms with E-state index in [1.165, 1.54) is 13.3 Å². The van der Waals surface area contributed by atoms with Crippen molar-refractivity contribution >= 4 is 11.7 Å². The molecule has 21 heavy (non-hydrogen) atoms. The van der Waals surface area contributed by atoms with Crippen LogP contribution in [-0.2, 0) is 4.79 Å². The SMILES string of the molecule is CC(=O)c1ccc(OCC(=O)N2[C@@H](C)CCC[C@@H]2C)cc1. The summed E-state index contributed by atoms with van der Waals surface area (Å²) in [6.07, 6.45) is 3.30. The summed E-state index contributed by atoms with van der Waals surface area (Å²) in [6.45, 7) is 5.76. The number of amides is 1. The maximum Gasteiger partial charge on any atom is 0.260 e. The fraction of sp³-hybridized carbons (Fsp3) is 0.529. The van der Waals surface area contributed by atoms with E-state index < -0.39 is 0 Å². The van der Waals surface area contributed by atoms with Crippen molar-refractivity contribution < 1.29 is 14.3 Å². The number of ether oxygens (including phenoxy) is 1. The first-order valence-corrected chi connectivity index (χ1v) is 7.54. The molecule has 0 aromatic heterocycles. The zero-order valence-electron chi connectivity index (χ0n) is 13.0. The summed E-state index contributed by atoms with van der Waals surface area (Å²) in [5.41, 5.74) is 0.645. The summed E-state index contributed by atoms with van der Waals surface area (Å²) >= 11 is 0. The van der Waals surface area contributed by atoms with Gasteiger partial charge in [-0.15, -0.1) is 0 Å². The number of nitrogens with zero attached hydrogens (tertiary/aromatic N) is 1. The molecule has 4 nitrogen and oxygen atoms in total. The van der Waals surface area contributed by atoms with Gasteiger partial charge in [-0.25, -0.2) is 0 Å². The zero-order valence-corrected chi connectivity index (χ0v) is 13.0. The first kappa shape index (κ1) is 15.5. The molecule has 1 aliphatic heterocycles. The van der Waals surface area contributed by atoms with E-state index in [-0.39, 0.29) is 30.4 Å². The summed E-state index contributed by atoms with van der Waals surface area (Å²) < 4.78 is 5.55. The molecule has 114 valence electrons. The smallest absolute Gasteiger partial charge is 0.260 e. The van der Waals surface area contributed by atoms with Crippen LogP contribution in [0.5, 0.6) is 5.75 Å². The van der Waals surface area contributed by atoms with Crippen LogP contribution in [0.4, 0.5) is 0 Å². The Labute approximate surface area is 126 Å². The van der Waals surface area contributed by atoms with Crippen LogP contribution < -0.4 is 4.74 Å². The quantitative estimate of drug-likeness (QED) is 0.800. The first-order chi connectivity index (χ1) is 9.99. The molecule has 1 aliphatic rings. The third-order valence-electron chi connectivity index (χ3n) is 4.10. The Hall–Kier alpha value is -1.84. The highest BCUT2D eigenvalue weighted by Gasteiger charge is 2.28. The lowest BCUT2D eigenvalue weighted by Crippen LogP contribution is -2.49. The highest BCUT2D eigenvalue weighted by atomic mass is 16.5. The molecule has 0 spiro atoms. The number of hydrogen-bond donors (Lipinski definition) is 0. The minimum absolute atomic E-state index is 0.0218. The van der Waals surface area contributed by atoms with Crippen LogP contribution in [0.3, 0.4) is 0 Å². The lowest BCUT2D eigenvalue weighted by atomic mass is 9.97. The van der Waals surface area contributed by atoms with Gasteiger partial charge in [0.2, 0.25) is 0 Å². The summed E-state index contributed by atoms with van der Waals surface area (Å²) in [6, 6.07) is 7.46.